The zero-order valence-corrected chi connectivity index (χ0v) is 20.4. The van der Waals surface area contributed by atoms with E-state index in [1.807, 2.05) is 13.8 Å². The third-order valence-corrected chi connectivity index (χ3v) is 5.71. The fraction of sp³-hybridized carbons (Fsp3) is 0.261. The summed E-state index contributed by atoms with van der Waals surface area (Å²) in [6.07, 6.45) is -4.79. The van der Waals surface area contributed by atoms with Crippen molar-refractivity contribution in [1.29, 1.82) is 0 Å². The molecular weight excluding hydrogens is 520 g/mol. The fourth-order valence-corrected chi connectivity index (χ4v) is 3.84. The lowest BCUT2D eigenvalue weighted by Crippen LogP contribution is -2.32. The number of nitrogen functional groups attached to an aromatic ring is 1. The maximum atomic E-state index is 14.2. The molecule has 2 aromatic heterocycles. The highest BCUT2D eigenvalue weighted by molar-refractivity contribution is 7.90. The number of carbonyl (C=O) groups excluding carboxylic acids is 1. The van der Waals surface area contributed by atoms with Gasteiger partial charge in [-0.15, -0.1) is 0 Å². The van der Waals surface area contributed by atoms with Gasteiger partial charge in [-0.3, -0.25) is 4.79 Å². The summed E-state index contributed by atoms with van der Waals surface area (Å²) in [5.41, 5.74) is 4.92. The molecule has 9 nitrogen and oxygen atoms in total. The van der Waals surface area contributed by atoms with Gasteiger partial charge in [-0.2, -0.15) is 21.6 Å². The third-order valence-electron chi connectivity index (χ3n) is 4.48. The molecule has 0 aliphatic rings. The number of amides is 1. The number of aromatic nitrogens is 2. The molecule has 0 spiro atoms. The largest absolute Gasteiger partial charge is 0.493 e. The van der Waals surface area contributed by atoms with Crippen molar-refractivity contribution < 1.29 is 40.2 Å². The van der Waals surface area contributed by atoms with Crippen LogP contribution < -0.4 is 19.9 Å². The lowest BCUT2D eigenvalue weighted by atomic mass is 10.1. The number of ether oxygens (including phenoxy) is 2. The smallest absolute Gasteiger partial charge is 0.422 e. The normalized spacial score (nSPS) is 11.9. The van der Waals surface area contributed by atoms with Crippen LogP contribution in [-0.2, 0) is 10.0 Å². The molecular formula is C23H22F4N4O5S. The van der Waals surface area contributed by atoms with E-state index in [4.69, 9.17) is 15.2 Å². The van der Waals surface area contributed by atoms with Crippen LogP contribution in [0, 0.1) is 11.7 Å². The highest BCUT2D eigenvalue weighted by Crippen LogP contribution is 2.29. The molecule has 0 atom stereocenters. The summed E-state index contributed by atoms with van der Waals surface area (Å²) in [5, 5.41) is -0.586. The lowest BCUT2D eigenvalue weighted by Gasteiger charge is -2.14. The van der Waals surface area contributed by atoms with E-state index in [2.05, 4.69) is 9.97 Å². The molecule has 0 saturated carbocycles. The summed E-state index contributed by atoms with van der Waals surface area (Å²) in [5.74, 6) is -2.69. The molecule has 0 aliphatic carbocycles. The summed E-state index contributed by atoms with van der Waals surface area (Å²) >= 11 is 0. The number of alkyl halides is 3. The van der Waals surface area contributed by atoms with Gasteiger partial charge in [-0.05, 0) is 42.3 Å². The van der Waals surface area contributed by atoms with E-state index in [9.17, 15) is 30.8 Å². The first-order valence-electron chi connectivity index (χ1n) is 10.7. The van der Waals surface area contributed by atoms with Gasteiger partial charge in [0, 0.05) is 11.6 Å². The predicted molar refractivity (Wildman–Crippen MR) is 125 cm³/mol. The lowest BCUT2D eigenvalue weighted by molar-refractivity contribution is -0.154. The molecule has 1 amide bonds. The van der Waals surface area contributed by atoms with Gasteiger partial charge in [0.1, 0.15) is 22.9 Å². The number of rotatable bonds is 9. The highest BCUT2D eigenvalue weighted by Gasteiger charge is 2.31. The minimum absolute atomic E-state index is 0.0528. The van der Waals surface area contributed by atoms with Crippen molar-refractivity contribution >= 4 is 21.7 Å². The standard InChI is InChI=1S/C23H22F4N4O5S/c1-13(2)11-35-16-9-14(8-15(24)10-16)18-7-6-17(22(29-18)36-12-23(25,26)27)21(32)31-37(33,34)20-5-3-4-19(28)30-20/h3-10,13H,11-12H2,1-2H3,(H2,28,30)(H,31,32). The number of nitrogens with two attached hydrogens (primary N) is 1. The quantitative estimate of drug-likeness (QED) is 0.388. The van der Waals surface area contributed by atoms with Crippen LogP contribution in [0.2, 0.25) is 0 Å². The summed E-state index contributed by atoms with van der Waals surface area (Å²) in [6.45, 7) is 2.24. The number of pyridine rings is 2. The number of anilines is 1. The maximum absolute atomic E-state index is 14.2. The Kier molecular flexibility index (Phi) is 8.21. The fourth-order valence-electron chi connectivity index (χ4n) is 2.90. The van der Waals surface area contributed by atoms with Gasteiger partial charge < -0.3 is 15.2 Å². The molecule has 0 fully saturated rings. The minimum Gasteiger partial charge on any atom is -0.493 e. The molecule has 0 aliphatic heterocycles. The van der Waals surface area contributed by atoms with Crippen LogP contribution in [0.15, 0.2) is 53.6 Å². The van der Waals surface area contributed by atoms with Gasteiger partial charge in [0.25, 0.3) is 15.9 Å². The van der Waals surface area contributed by atoms with Crippen LogP contribution >= 0.6 is 0 Å². The zero-order chi connectivity index (χ0) is 27.4. The Morgan fingerprint density at radius 1 is 1.08 bits per heavy atom. The molecule has 3 aromatic rings. The van der Waals surface area contributed by atoms with E-state index in [-0.39, 0.29) is 35.3 Å². The number of hydrogen-bond acceptors (Lipinski definition) is 8. The Balaban J connectivity index is 1.98. The second-order valence-corrected chi connectivity index (χ2v) is 9.80. The molecule has 37 heavy (non-hydrogen) atoms. The van der Waals surface area contributed by atoms with Gasteiger partial charge in [0.05, 0.1) is 12.3 Å². The molecule has 2 heterocycles. The number of halogens is 4. The average molecular weight is 543 g/mol. The first-order chi connectivity index (χ1) is 17.2. The van der Waals surface area contributed by atoms with Crippen LogP contribution in [0.1, 0.15) is 24.2 Å². The van der Waals surface area contributed by atoms with Crippen LogP contribution in [-0.4, -0.2) is 43.7 Å². The summed E-state index contributed by atoms with van der Waals surface area (Å²) in [7, 11) is -4.54. The second-order valence-electron chi connectivity index (χ2n) is 8.17. The number of nitrogens with one attached hydrogen (secondary N) is 1. The Bertz CT molecular complexity index is 1400. The van der Waals surface area contributed by atoms with Crippen LogP contribution in [0.3, 0.4) is 0 Å². The van der Waals surface area contributed by atoms with E-state index in [0.29, 0.717) is 0 Å². The highest BCUT2D eigenvalue weighted by atomic mass is 32.2. The minimum atomic E-state index is -4.79. The number of benzene rings is 1. The molecule has 3 rings (SSSR count). The van der Waals surface area contributed by atoms with Gasteiger partial charge in [-0.25, -0.2) is 19.1 Å². The van der Waals surface area contributed by atoms with Gasteiger partial charge >= 0.3 is 6.18 Å². The molecule has 0 saturated heterocycles. The monoisotopic (exact) mass is 542 g/mol. The van der Waals surface area contributed by atoms with Crippen molar-refractivity contribution in [3.05, 3.63) is 59.9 Å². The first-order valence-corrected chi connectivity index (χ1v) is 12.2. The molecule has 198 valence electrons. The maximum Gasteiger partial charge on any atom is 0.422 e. The summed E-state index contributed by atoms with van der Waals surface area (Å²) < 4.78 is 89.7. The number of hydrogen-bond donors (Lipinski definition) is 2. The summed E-state index contributed by atoms with van der Waals surface area (Å²) in [4.78, 5) is 20.3. The van der Waals surface area contributed by atoms with Crippen molar-refractivity contribution in [2.75, 3.05) is 18.9 Å². The van der Waals surface area contributed by atoms with Gasteiger partial charge in [0.2, 0.25) is 5.88 Å². The average Bonchev–Trinajstić information content (AvgIpc) is 2.80. The van der Waals surface area contributed by atoms with E-state index >= 15 is 0 Å². The predicted octanol–water partition coefficient (Wildman–Crippen LogP) is 3.96. The molecule has 0 radical (unpaired) electrons. The first kappa shape index (κ1) is 27.6. The van der Waals surface area contributed by atoms with Crippen LogP contribution in [0.5, 0.6) is 11.6 Å². The Hall–Kier alpha value is -3.94. The van der Waals surface area contributed by atoms with Crippen molar-refractivity contribution in [2.45, 2.75) is 25.0 Å². The zero-order valence-electron chi connectivity index (χ0n) is 19.5. The molecule has 1 aromatic carbocycles. The van der Waals surface area contributed by atoms with Crippen molar-refractivity contribution in [3.63, 3.8) is 0 Å². The van der Waals surface area contributed by atoms with Gasteiger partial charge in [-0.1, -0.05) is 19.9 Å². The Morgan fingerprint density at radius 3 is 2.46 bits per heavy atom. The Morgan fingerprint density at radius 2 is 1.81 bits per heavy atom. The van der Waals surface area contributed by atoms with E-state index < -0.39 is 51.0 Å². The molecule has 3 N–H and O–H groups in total. The van der Waals surface area contributed by atoms with E-state index in [0.717, 1.165) is 24.3 Å². The molecule has 0 unspecified atom stereocenters. The topological polar surface area (TPSA) is 134 Å². The van der Waals surface area contributed by atoms with Crippen molar-refractivity contribution in [2.24, 2.45) is 5.92 Å². The summed E-state index contributed by atoms with van der Waals surface area (Å²) in [6, 6.07) is 9.48. The van der Waals surface area contributed by atoms with Crippen molar-refractivity contribution in [1.82, 2.24) is 14.7 Å². The number of carbonyl (C=O) groups is 1. The molecule has 14 heteroatoms. The van der Waals surface area contributed by atoms with E-state index in [1.54, 1.807) is 4.72 Å². The number of nitrogens with zero attached hydrogens (tertiary/aromatic N) is 2. The van der Waals surface area contributed by atoms with Crippen LogP contribution in [0.25, 0.3) is 11.3 Å². The van der Waals surface area contributed by atoms with Crippen molar-refractivity contribution in [3.8, 4) is 22.9 Å². The third kappa shape index (κ3) is 7.77. The second kappa shape index (κ2) is 11.0. The van der Waals surface area contributed by atoms with Gasteiger partial charge in [0.15, 0.2) is 11.6 Å². The Labute approximate surface area is 209 Å². The SMILES string of the molecule is CC(C)COc1cc(F)cc(-c2ccc(C(=O)NS(=O)(=O)c3cccc(N)n3)c(OCC(F)(F)F)n2)c1. The van der Waals surface area contributed by atoms with Crippen LogP contribution in [0.4, 0.5) is 23.4 Å². The number of sulfonamides is 1. The van der Waals surface area contributed by atoms with E-state index in [1.165, 1.54) is 24.3 Å². The molecule has 0 bridgehead atoms.